The van der Waals surface area contributed by atoms with Crippen molar-refractivity contribution in [1.29, 1.82) is 0 Å². The molecule has 1 aromatic rings. The molecule has 94 valence electrons. The van der Waals surface area contributed by atoms with Crippen LogP contribution in [0.1, 0.15) is 39.2 Å². The molecular weight excluding hydrogens is 235 g/mol. The normalized spacial score (nSPS) is 11.3. The van der Waals surface area contributed by atoms with Crippen LogP contribution in [-0.4, -0.2) is 10.5 Å². The third-order valence-electron chi connectivity index (χ3n) is 3.24. The summed E-state index contributed by atoms with van der Waals surface area (Å²) in [5, 5.41) is 3.34. The molecule has 3 N–H and O–H groups in total. The minimum atomic E-state index is -0.378. The van der Waals surface area contributed by atoms with Gasteiger partial charge in [-0.25, -0.2) is 4.39 Å². The second-order valence-corrected chi connectivity index (χ2v) is 4.89. The minimum Gasteiger partial charge on any atom is -0.389 e. The molecule has 0 saturated carbocycles. The van der Waals surface area contributed by atoms with Gasteiger partial charge in [0.2, 0.25) is 0 Å². The van der Waals surface area contributed by atoms with Gasteiger partial charge in [-0.3, -0.25) is 0 Å². The molecule has 0 aromatic heterocycles. The van der Waals surface area contributed by atoms with Gasteiger partial charge in [0.15, 0.2) is 0 Å². The maximum Gasteiger partial charge on any atom is 0.135 e. The number of thiocarbonyl (C=S) groups is 1. The van der Waals surface area contributed by atoms with Crippen LogP contribution < -0.4 is 11.1 Å². The molecule has 4 heteroatoms. The molecule has 0 radical (unpaired) electrons. The summed E-state index contributed by atoms with van der Waals surface area (Å²) in [7, 11) is 0. The maximum absolute atomic E-state index is 13.7. The quantitative estimate of drug-likeness (QED) is 0.790. The lowest BCUT2D eigenvalue weighted by atomic mass is 9.95. The fourth-order valence-corrected chi connectivity index (χ4v) is 1.73. The van der Waals surface area contributed by atoms with Crippen LogP contribution in [0.15, 0.2) is 18.2 Å². The summed E-state index contributed by atoms with van der Waals surface area (Å²) >= 11 is 4.77. The summed E-state index contributed by atoms with van der Waals surface area (Å²) in [5.74, 6) is -0.378. The zero-order valence-electron chi connectivity index (χ0n) is 10.5. The average molecular weight is 254 g/mol. The van der Waals surface area contributed by atoms with Gasteiger partial charge in [0.25, 0.3) is 0 Å². The third-order valence-corrected chi connectivity index (χ3v) is 3.46. The molecular formula is C13H19FN2S. The van der Waals surface area contributed by atoms with Crippen LogP contribution >= 0.6 is 12.2 Å². The lowest BCUT2D eigenvalue weighted by Crippen LogP contribution is -2.33. The Morgan fingerprint density at radius 2 is 2.00 bits per heavy atom. The van der Waals surface area contributed by atoms with Crippen molar-refractivity contribution in [2.45, 2.75) is 39.2 Å². The summed E-state index contributed by atoms with van der Waals surface area (Å²) in [4.78, 5) is 0.0859. The highest BCUT2D eigenvalue weighted by Gasteiger charge is 2.19. The fourth-order valence-electron chi connectivity index (χ4n) is 1.57. The van der Waals surface area contributed by atoms with Crippen molar-refractivity contribution < 1.29 is 4.39 Å². The predicted octanol–water partition coefficient (Wildman–Crippen LogP) is 3.45. The van der Waals surface area contributed by atoms with Crippen molar-refractivity contribution in [3.8, 4) is 0 Å². The molecule has 2 nitrogen and oxygen atoms in total. The summed E-state index contributed by atoms with van der Waals surface area (Å²) in [6, 6.07) is 4.87. The molecule has 0 aliphatic heterocycles. The lowest BCUT2D eigenvalue weighted by molar-refractivity contribution is 0.478. The molecule has 17 heavy (non-hydrogen) atoms. The fraction of sp³-hybridized carbons (Fsp3) is 0.462. The van der Waals surface area contributed by atoms with E-state index in [1.54, 1.807) is 12.1 Å². The van der Waals surface area contributed by atoms with Crippen LogP contribution in [0.25, 0.3) is 0 Å². The Labute approximate surface area is 107 Å². The molecule has 0 fully saturated rings. The van der Waals surface area contributed by atoms with Gasteiger partial charge in [-0.05, 0) is 38.0 Å². The number of nitrogens with two attached hydrogens (primary N) is 1. The molecule has 1 aromatic carbocycles. The number of hydrogen-bond donors (Lipinski definition) is 2. The van der Waals surface area contributed by atoms with Crippen LogP contribution in [0.2, 0.25) is 0 Å². The van der Waals surface area contributed by atoms with Gasteiger partial charge in [-0.2, -0.15) is 0 Å². The predicted molar refractivity (Wildman–Crippen MR) is 74.9 cm³/mol. The van der Waals surface area contributed by atoms with Crippen molar-refractivity contribution in [3.63, 3.8) is 0 Å². The number of nitrogens with one attached hydrogen (secondary N) is 1. The van der Waals surface area contributed by atoms with Crippen molar-refractivity contribution in [3.05, 3.63) is 29.6 Å². The first kappa shape index (κ1) is 13.9. The van der Waals surface area contributed by atoms with Crippen LogP contribution in [0, 0.1) is 5.82 Å². The van der Waals surface area contributed by atoms with E-state index in [-0.39, 0.29) is 16.3 Å². The zero-order valence-corrected chi connectivity index (χ0v) is 11.3. The van der Waals surface area contributed by atoms with Crippen molar-refractivity contribution in [2.75, 3.05) is 5.32 Å². The first-order chi connectivity index (χ1) is 7.91. The Bertz CT molecular complexity index is 414. The van der Waals surface area contributed by atoms with Crippen molar-refractivity contribution >= 4 is 22.9 Å². The van der Waals surface area contributed by atoms with E-state index >= 15 is 0 Å². The number of anilines is 1. The van der Waals surface area contributed by atoms with Crippen molar-refractivity contribution in [2.24, 2.45) is 5.73 Å². The van der Waals surface area contributed by atoms with Gasteiger partial charge in [0.05, 0.1) is 0 Å². The summed E-state index contributed by atoms with van der Waals surface area (Å²) in [6.07, 6.45) is 1.95. The Morgan fingerprint density at radius 3 is 2.41 bits per heavy atom. The second kappa shape index (κ2) is 5.45. The zero-order chi connectivity index (χ0) is 13.1. The number of rotatable bonds is 5. The molecule has 0 bridgehead atoms. The highest BCUT2D eigenvalue weighted by Crippen LogP contribution is 2.23. The van der Waals surface area contributed by atoms with Gasteiger partial charge in [0.1, 0.15) is 10.8 Å². The maximum atomic E-state index is 13.7. The van der Waals surface area contributed by atoms with E-state index < -0.39 is 0 Å². The first-order valence-corrected chi connectivity index (χ1v) is 6.20. The van der Waals surface area contributed by atoms with Gasteiger partial charge < -0.3 is 11.1 Å². The molecule has 0 saturated heterocycles. The van der Waals surface area contributed by atoms with Gasteiger partial charge in [-0.1, -0.05) is 26.1 Å². The molecule has 0 amide bonds. The molecule has 0 spiro atoms. The topological polar surface area (TPSA) is 38.0 Å². The van der Waals surface area contributed by atoms with E-state index in [2.05, 4.69) is 26.1 Å². The Kier molecular flexibility index (Phi) is 4.46. The Morgan fingerprint density at radius 1 is 1.41 bits per heavy atom. The van der Waals surface area contributed by atoms with E-state index in [1.165, 1.54) is 6.07 Å². The monoisotopic (exact) mass is 254 g/mol. The molecule has 0 atom stereocenters. The minimum absolute atomic E-state index is 0.0167. The summed E-state index contributed by atoms with van der Waals surface area (Å²) in [6.45, 7) is 6.33. The molecule has 0 aliphatic rings. The SMILES string of the molecule is CCC(C)(CC)Nc1ccc(C(N)=S)c(F)c1. The Hall–Kier alpha value is -1.16. The van der Waals surface area contributed by atoms with E-state index in [1.807, 2.05) is 0 Å². The Balaban J connectivity index is 2.95. The standard InChI is InChI=1S/C13H19FN2S/c1-4-13(3,5-2)16-9-6-7-10(12(15)17)11(14)8-9/h6-8,16H,4-5H2,1-3H3,(H2,15,17). The average Bonchev–Trinajstić information content (AvgIpc) is 2.28. The summed E-state index contributed by atoms with van der Waals surface area (Å²) in [5.41, 5.74) is 6.45. The summed E-state index contributed by atoms with van der Waals surface area (Å²) < 4.78 is 13.7. The van der Waals surface area contributed by atoms with E-state index in [4.69, 9.17) is 18.0 Å². The molecule has 0 unspecified atom stereocenters. The van der Waals surface area contributed by atoms with Crippen LogP contribution in [0.4, 0.5) is 10.1 Å². The molecule has 0 aliphatic carbocycles. The smallest absolute Gasteiger partial charge is 0.135 e. The molecule has 0 heterocycles. The highest BCUT2D eigenvalue weighted by atomic mass is 32.1. The van der Waals surface area contributed by atoms with Gasteiger partial charge >= 0.3 is 0 Å². The highest BCUT2D eigenvalue weighted by molar-refractivity contribution is 7.80. The largest absolute Gasteiger partial charge is 0.389 e. The number of halogens is 1. The van der Waals surface area contributed by atoms with E-state index in [9.17, 15) is 4.39 Å². The first-order valence-electron chi connectivity index (χ1n) is 5.79. The number of benzene rings is 1. The second-order valence-electron chi connectivity index (χ2n) is 4.45. The van der Waals surface area contributed by atoms with Gasteiger partial charge in [-0.15, -0.1) is 0 Å². The van der Waals surface area contributed by atoms with Crippen LogP contribution in [0.5, 0.6) is 0 Å². The van der Waals surface area contributed by atoms with Crippen LogP contribution in [-0.2, 0) is 0 Å². The van der Waals surface area contributed by atoms with E-state index in [0.717, 1.165) is 18.5 Å². The lowest BCUT2D eigenvalue weighted by Gasteiger charge is -2.29. The third kappa shape index (κ3) is 3.40. The van der Waals surface area contributed by atoms with Gasteiger partial charge in [0, 0.05) is 16.8 Å². The van der Waals surface area contributed by atoms with E-state index in [0.29, 0.717) is 5.56 Å². The van der Waals surface area contributed by atoms with Crippen LogP contribution in [0.3, 0.4) is 0 Å². The van der Waals surface area contributed by atoms with Crippen molar-refractivity contribution in [1.82, 2.24) is 0 Å². The number of hydrogen-bond acceptors (Lipinski definition) is 2. The molecule has 1 rings (SSSR count).